The molecule has 0 spiro atoms. The largest absolute Gasteiger partial charge is 0.495 e. The second-order valence-corrected chi connectivity index (χ2v) is 5.09. The van der Waals surface area contributed by atoms with Crippen LogP contribution in [0.5, 0.6) is 5.75 Å². The van der Waals surface area contributed by atoms with E-state index >= 15 is 0 Å². The topological polar surface area (TPSA) is 67.4 Å². The first-order chi connectivity index (χ1) is 10.9. The molecule has 0 aliphatic rings. The van der Waals surface area contributed by atoms with Crippen molar-refractivity contribution in [2.45, 2.75) is 6.92 Å². The minimum absolute atomic E-state index is 0.0866. The van der Waals surface area contributed by atoms with Gasteiger partial charge < -0.3 is 15.4 Å². The predicted molar refractivity (Wildman–Crippen MR) is 86.7 cm³/mol. The fourth-order valence-electron chi connectivity index (χ4n) is 1.91. The van der Waals surface area contributed by atoms with E-state index in [0.717, 1.165) is 6.07 Å². The van der Waals surface area contributed by atoms with Crippen molar-refractivity contribution in [3.05, 3.63) is 52.8 Å². The van der Waals surface area contributed by atoms with Gasteiger partial charge >= 0.3 is 0 Å². The summed E-state index contributed by atoms with van der Waals surface area (Å²) in [4.78, 5) is 23.5. The Morgan fingerprint density at radius 2 is 1.87 bits per heavy atom. The van der Waals surface area contributed by atoms with Gasteiger partial charge in [0.05, 0.1) is 17.8 Å². The minimum atomic E-state index is -0.568. The zero-order valence-electron chi connectivity index (χ0n) is 12.4. The van der Waals surface area contributed by atoms with Gasteiger partial charge in [-0.2, -0.15) is 0 Å². The molecule has 2 N–H and O–H groups in total. The molecular weight excluding hydrogens is 323 g/mol. The van der Waals surface area contributed by atoms with Crippen LogP contribution in [-0.4, -0.2) is 18.9 Å². The van der Waals surface area contributed by atoms with Gasteiger partial charge in [-0.1, -0.05) is 11.6 Å². The summed E-state index contributed by atoms with van der Waals surface area (Å²) >= 11 is 5.68. The summed E-state index contributed by atoms with van der Waals surface area (Å²) in [6.45, 7) is 1.35. The number of ether oxygens (including phenoxy) is 1. The Morgan fingerprint density at radius 3 is 2.48 bits per heavy atom. The molecule has 0 saturated carbocycles. The van der Waals surface area contributed by atoms with Gasteiger partial charge in [-0.3, -0.25) is 9.59 Å². The summed E-state index contributed by atoms with van der Waals surface area (Å²) in [5.41, 5.74) is 1.04. The maximum absolute atomic E-state index is 13.1. The van der Waals surface area contributed by atoms with Gasteiger partial charge in [0.2, 0.25) is 5.91 Å². The van der Waals surface area contributed by atoms with Crippen molar-refractivity contribution in [3.8, 4) is 5.75 Å². The molecule has 5 nitrogen and oxygen atoms in total. The van der Waals surface area contributed by atoms with Gasteiger partial charge in [-0.25, -0.2) is 4.39 Å². The highest BCUT2D eigenvalue weighted by molar-refractivity contribution is 6.31. The molecule has 0 radical (unpaired) electrons. The van der Waals surface area contributed by atoms with Crippen LogP contribution in [0, 0.1) is 5.82 Å². The predicted octanol–water partition coefficient (Wildman–Crippen LogP) is 3.70. The summed E-state index contributed by atoms with van der Waals surface area (Å²) in [5, 5.41) is 5.10. The molecule has 2 amide bonds. The van der Waals surface area contributed by atoms with Crippen LogP contribution in [0.15, 0.2) is 36.4 Å². The molecule has 0 unspecified atom stereocenters. The van der Waals surface area contributed by atoms with Crippen LogP contribution in [0.1, 0.15) is 17.3 Å². The zero-order valence-corrected chi connectivity index (χ0v) is 13.2. The van der Waals surface area contributed by atoms with Gasteiger partial charge in [0.1, 0.15) is 11.6 Å². The zero-order chi connectivity index (χ0) is 17.0. The van der Waals surface area contributed by atoms with Crippen LogP contribution in [-0.2, 0) is 4.79 Å². The van der Waals surface area contributed by atoms with Crippen LogP contribution in [0.3, 0.4) is 0 Å². The molecule has 23 heavy (non-hydrogen) atoms. The first-order valence-corrected chi connectivity index (χ1v) is 7.00. The summed E-state index contributed by atoms with van der Waals surface area (Å²) < 4.78 is 18.2. The monoisotopic (exact) mass is 336 g/mol. The average Bonchev–Trinajstić information content (AvgIpc) is 2.50. The lowest BCUT2D eigenvalue weighted by molar-refractivity contribution is -0.114. The summed E-state index contributed by atoms with van der Waals surface area (Å²) in [7, 11) is 1.46. The van der Waals surface area contributed by atoms with Gasteiger partial charge in [-0.05, 0) is 36.4 Å². The number of rotatable bonds is 4. The van der Waals surface area contributed by atoms with Crippen molar-refractivity contribution < 1.29 is 18.7 Å². The highest BCUT2D eigenvalue weighted by atomic mass is 35.5. The molecule has 0 fully saturated rings. The molecule has 0 aromatic heterocycles. The van der Waals surface area contributed by atoms with Gasteiger partial charge in [-0.15, -0.1) is 0 Å². The van der Waals surface area contributed by atoms with Gasteiger partial charge in [0, 0.05) is 18.2 Å². The molecule has 0 aliphatic heterocycles. The first kappa shape index (κ1) is 16.8. The Morgan fingerprint density at radius 1 is 1.13 bits per heavy atom. The van der Waals surface area contributed by atoms with E-state index in [1.807, 2.05) is 0 Å². The molecule has 0 saturated heterocycles. The number of hydrogen-bond donors (Lipinski definition) is 2. The van der Waals surface area contributed by atoms with Crippen LogP contribution in [0.4, 0.5) is 15.8 Å². The summed E-state index contributed by atoms with van der Waals surface area (Å²) in [6, 6.07) is 8.47. The van der Waals surface area contributed by atoms with Gasteiger partial charge in [0.25, 0.3) is 5.91 Å². The number of halogens is 2. The van der Waals surface area contributed by atoms with Crippen molar-refractivity contribution >= 4 is 34.8 Å². The fourth-order valence-corrected chi connectivity index (χ4v) is 2.09. The second-order valence-electron chi connectivity index (χ2n) is 4.68. The summed E-state index contributed by atoms with van der Waals surface area (Å²) in [6.07, 6.45) is 0. The second kappa shape index (κ2) is 7.11. The highest BCUT2D eigenvalue weighted by Crippen LogP contribution is 2.26. The number of carbonyl (C=O) groups is 2. The average molecular weight is 337 g/mol. The fraction of sp³-hybridized carbons (Fsp3) is 0.125. The minimum Gasteiger partial charge on any atom is -0.495 e. The lowest BCUT2D eigenvalue weighted by atomic mass is 10.1. The molecule has 120 valence electrons. The lowest BCUT2D eigenvalue weighted by Crippen LogP contribution is -2.13. The Balaban J connectivity index is 2.24. The van der Waals surface area contributed by atoms with E-state index in [2.05, 4.69) is 10.6 Å². The quantitative estimate of drug-likeness (QED) is 0.894. The Kier molecular flexibility index (Phi) is 5.18. The number of carbonyl (C=O) groups excluding carboxylic acids is 2. The van der Waals surface area contributed by atoms with Crippen molar-refractivity contribution in [2.75, 3.05) is 17.7 Å². The SMILES string of the molecule is COc1ccc(C(=O)Nc2ccc(F)c(Cl)c2)cc1NC(C)=O. The third-order valence-corrected chi connectivity index (χ3v) is 3.24. The third-order valence-electron chi connectivity index (χ3n) is 2.95. The number of methoxy groups -OCH3 is 1. The van der Waals surface area contributed by atoms with Crippen molar-refractivity contribution in [2.24, 2.45) is 0 Å². The van der Waals surface area contributed by atoms with Crippen LogP contribution in [0.2, 0.25) is 5.02 Å². The van der Waals surface area contributed by atoms with Crippen molar-refractivity contribution in [3.63, 3.8) is 0 Å². The Labute approximate surface area is 137 Å². The van der Waals surface area contributed by atoms with E-state index in [0.29, 0.717) is 22.7 Å². The molecule has 0 heterocycles. The first-order valence-electron chi connectivity index (χ1n) is 6.62. The Bertz CT molecular complexity index is 765. The molecule has 0 bridgehead atoms. The maximum Gasteiger partial charge on any atom is 0.255 e. The Hall–Kier alpha value is -2.60. The van der Waals surface area contributed by atoms with E-state index in [4.69, 9.17) is 16.3 Å². The number of benzene rings is 2. The molecular formula is C16H14ClFN2O3. The van der Waals surface area contributed by atoms with Crippen molar-refractivity contribution in [1.82, 2.24) is 0 Å². The summed E-state index contributed by atoms with van der Waals surface area (Å²) in [5.74, 6) is -0.850. The number of anilines is 2. The highest BCUT2D eigenvalue weighted by Gasteiger charge is 2.12. The molecule has 2 aromatic carbocycles. The molecule has 0 atom stereocenters. The van der Waals surface area contributed by atoms with E-state index < -0.39 is 11.7 Å². The molecule has 2 rings (SSSR count). The van der Waals surface area contributed by atoms with E-state index in [1.54, 1.807) is 12.1 Å². The number of amides is 2. The maximum atomic E-state index is 13.1. The third kappa shape index (κ3) is 4.20. The normalized spacial score (nSPS) is 10.1. The standard InChI is InChI=1S/C16H14ClFN2O3/c1-9(21)19-14-7-10(3-6-15(14)23-2)16(22)20-11-4-5-13(18)12(17)8-11/h3-8H,1-2H3,(H,19,21)(H,20,22). The van der Waals surface area contributed by atoms with Crippen LogP contribution in [0.25, 0.3) is 0 Å². The van der Waals surface area contributed by atoms with Crippen molar-refractivity contribution in [1.29, 1.82) is 0 Å². The number of nitrogens with one attached hydrogen (secondary N) is 2. The van der Waals surface area contributed by atoms with E-state index in [9.17, 15) is 14.0 Å². The van der Waals surface area contributed by atoms with E-state index in [-0.39, 0.29) is 10.9 Å². The van der Waals surface area contributed by atoms with E-state index in [1.165, 1.54) is 32.2 Å². The lowest BCUT2D eigenvalue weighted by Gasteiger charge is -2.11. The van der Waals surface area contributed by atoms with Crippen LogP contribution >= 0.6 is 11.6 Å². The van der Waals surface area contributed by atoms with Gasteiger partial charge in [0.15, 0.2) is 0 Å². The molecule has 2 aromatic rings. The molecule has 0 aliphatic carbocycles. The molecule has 7 heteroatoms. The van der Waals surface area contributed by atoms with Crippen LogP contribution < -0.4 is 15.4 Å². The number of hydrogen-bond acceptors (Lipinski definition) is 3. The smallest absolute Gasteiger partial charge is 0.255 e.